The van der Waals surface area contributed by atoms with Gasteiger partial charge in [-0.15, -0.1) is 0 Å². The topological polar surface area (TPSA) is 0 Å². The van der Waals surface area contributed by atoms with Crippen LogP contribution in [0.15, 0.2) is 231 Å². The van der Waals surface area contributed by atoms with E-state index >= 15 is 0 Å². The van der Waals surface area contributed by atoms with Crippen molar-refractivity contribution in [3.05, 3.63) is 253 Å². The van der Waals surface area contributed by atoms with Crippen LogP contribution in [0.25, 0.3) is 66.8 Å². The molecule has 0 fully saturated rings. The van der Waals surface area contributed by atoms with Gasteiger partial charge in [0, 0.05) is 0 Å². The SMILES string of the molecule is c1ccc(-c2cc(-c3ccc4c(c3)C(c3ccccc3)(c3ccccc3)c3ccccc3-4)c(-c3ccccc3)c(-c3ccccc3)c2-c2ccccc2)cc1. The average Bonchev–Trinajstić information content (AvgIpc) is 3.58. The summed E-state index contributed by atoms with van der Waals surface area (Å²) in [5, 5.41) is 0. The molecule has 0 aromatic heterocycles. The summed E-state index contributed by atoms with van der Waals surface area (Å²) >= 11 is 0. The fraction of sp³-hybridized carbons (Fsp3) is 0.0182. The summed E-state index contributed by atoms with van der Waals surface area (Å²) in [6.45, 7) is 0. The fourth-order valence-corrected chi connectivity index (χ4v) is 9.07. The van der Waals surface area contributed by atoms with Crippen LogP contribution in [-0.2, 0) is 5.41 Å². The number of benzene rings is 9. The van der Waals surface area contributed by atoms with E-state index in [1.807, 2.05) is 0 Å². The molecule has 0 unspecified atom stereocenters. The van der Waals surface area contributed by atoms with Crippen LogP contribution >= 0.6 is 0 Å². The Bertz CT molecular complexity index is 2710. The van der Waals surface area contributed by atoms with E-state index in [0.29, 0.717) is 0 Å². The van der Waals surface area contributed by atoms with E-state index in [0.717, 1.165) is 0 Å². The smallest absolute Gasteiger partial charge is 0.0622 e. The summed E-state index contributed by atoms with van der Waals surface area (Å²) < 4.78 is 0. The summed E-state index contributed by atoms with van der Waals surface area (Å²) in [6.07, 6.45) is 0. The maximum Gasteiger partial charge on any atom is 0.0713 e. The van der Waals surface area contributed by atoms with E-state index in [1.54, 1.807) is 0 Å². The first-order valence-electron chi connectivity index (χ1n) is 19.1. The Morgan fingerprint density at radius 1 is 0.218 bits per heavy atom. The second-order valence-corrected chi connectivity index (χ2v) is 14.3. The van der Waals surface area contributed by atoms with Gasteiger partial charge < -0.3 is 0 Å². The zero-order valence-electron chi connectivity index (χ0n) is 30.4. The first-order valence-corrected chi connectivity index (χ1v) is 19.1. The van der Waals surface area contributed by atoms with E-state index in [2.05, 4.69) is 231 Å². The summed E-state index contributed by atoms with van der Waals surface area (Å²) in [4.78, 5) is 0. The molecule has 9 aromatic carbocycles. The van der Waals surface area contributed by atoms with E-state index in [-0.39, 0.29) is 0 Å². The van der Waals surface area contributed by atoms with Gasteiger partial charge in [0.15, 0.2) is 0 Å². The standard InChI is InChI=1S/C55H38/c1-7-21-39(22-8-1)48-38-49(53(41-25-11-3-12-26-41)54(42-27-13-4-14-28-42)52(48)40-23-9-2-10-24-40)43-35-36-47-46-33-19-20-34-50(46)55(51(47)37-43,44-29-15-5-16-30-44)45-31-17-6-18-32-45/h1-38H. The Kier molecular flexibility index (Phi) is 8.16. The summed E-state index contributed by atoms with van der Waals surface area (Å²) in [7, 11) is 0. The Labute approximate surface area is 323 Å². The molecule has 0 radical (unpaired) electrons. The minimum atomic E-state index is -0.494. The average molecular weight is 699 g/mol. The van der Waals surface area contributed by atoms with Crippen molar-refractivity contribution in [2.75, 3.05) is 0 Å². The van der Waals surface area contributed by atoms with Crippen LogP contribution in [0, 0.1) is 0 Å². The minimum absolute atomic E-state index is 0.494. The molecule has 258 valence electrons. The molecular weight excluding hydrogens is 661 g/mol. The van der Waals surface area contributed by atoms with Gasteiger partial charge in [-0.05, 0) is 101 Å². The zero-order chi connectivity index (χ0) is 36.6. The second-order valence-electron chi connectivity index (χ2n) is 14.3. The lowest BCUT2D eigenvalue weighted by atomic mass is 9.67. The second kappa shape index (κ2) is 13.8. The van der Waals surface area contributed by atoms with Crippen molar-refractivity contribution in [3.8, 4) is 66.8 Å². The Morgan fingerprint density at radius 3 is 1.11 bits per heavy atom. The highest BCUT2D eigenvalue weighted by molar-refractivity contribution is 6.07. The van der Waals surface area contributed by atoms with E-state index < -0.39 is 5.41 Å². The molecule has 0 heteroatoms. The first-order chi connectivity index (χ1) is 27.3. The fourth-order valence-electron chi connectivity index (χ4n) is 9.07. The maximum atomic E-state index is 2.50. The summed E-state index contributed by atoms with van der Waals surface area (Å²) in [6, 6.07) is 84.6. The third-order valence-electron chi connectivity index (χ3n) is 11.4. The van der Waals surface area contributed by atoms with Crippen LogP contribution in [0.4, 0.5) is 0 Å². The van der Waals surface area contributed by atoms with Gasteiger partial charge in [-0.1, -0.05) is 218 Å². The predicted octanol–water partition coefficient (Wildman–Crippen LogP) is 14.4. The summed E-state index contributed by atoms with van der Waals surface area (Å²) in [5.41, 5.74) is 19.3. The molecule has 0 amide bonds. The Balaban J connectivity index is 1.36. The maximum absolute atomic E-state index is 2.50. The molecule has 0 atom stereocenters. The summed E-state index contributed by atoms with van der Waals surface area (Å²) in [5.74, 6) is 0. The van der Waals surface area contributed by atoms with Crippen molar-refractivity contribution >= 4 is 0 Å². The molecule has 0 N–H and O–H groups in total. The van der Waals surface area contributed by atoms with Crippen molar-refractivity contribution in [3.63, 3.8) is 0 Å². The van der Waals surface area contributed by atoms with Crippen LogP contribution in [0.3, 0.4) is 0 Å². The quantitative estimate of drug-likeness (QED) is 0.155. The third kappa shape index (κ3) is 5.38. The lowest BCUT2D eigenvalue weighted by Crippen LogP contribution is -2.28. The lowest BCUT2D eigenvalue weighted by molar-refractivity contribution is 0.769. The van der Waals surface area contributed by atoms with E-state index in [4.69, 9.17) is 0 Å². The van der Waals surface area contributed by atoms with E-state index in [1.165, 1.54) is 89.0 Å². The molecule has 10 rings (SSSR count). The normalized spacial score (nSPS) is 12.5. The molecule has 0 nitrogen and oxygen atoms in total. The van der Waals surface area contributed by atoms with Gasteiger partial charge in [0.2, 0.25) is 0 Å². The van der Waals surface area contributed by atoms with Crippen LogP contribution in [0.1, 0.15) is 22.3 Å². The third-order valence-corrected chi connectivity index (χ3v) is 11.4. The Morgan fingerprint density at radius 2 is 0.600 bits per heavy atom. The number of fused-ring (bicyclic) bond motifs is 3. The molecule has 0 bridgehead atoms. The molecule has 55 heavy (non-hydrogen) atoms. The van der Waals surface area contributed by atoms with Gasteiger partial charge in [0.05, 0.1) is 5.41 Å². The highest BCUT2D eigenvalue weighted by Gasteiger charge is 2.46. The van der Waals surface area contributed by atoms with Gasteiger partial charge in [-0.25, -0.2) is 0 Å². The minimum Gasteiger partial charge on any atom is -0.0622 e. The van der Waals surface area contributed by atoms with Gasteiger partial charge in [-0.2, -0.15) is 0 Å². The van der Waals surface area contributed by atoms with Gasteiger partial charge in [0.25, 0.3) is 0 Å². The Hall–Kier alpha value is -7.02. The van der Waals surface area contributed by atoms with Crippen molar-refractivity contribution in [2.45, 2.75) is 5.41 Å². The number of rotatable bonds is 7. The lowest BCUT2D eigenvalue weighted by Gasteiger charge is -2.34. The largest absolute Gasteiger partial charge is 0.0713 e. The van der Waals surface area contributed by atoms with Crippen molar-refractivity contribution < 1.29 is 0 Å². The highest BCUT2D eigenvalue weighted by atomic mass is 14.5. The van der Waals surface area contributed by atoms with Crippen molar-refractivity contribution in [2.24, 2.45) is 0 Å². The van der Waals surface area contributed by atoms with E-state index in [9.17, 15) is 0 Å². The van der Waals surface area contributed by atoms with Crippen LogP contribution in [-0.4, -0.2) is 0 Å². The predicted molar refractivity (Wildman–Crippen MR) is 231 cm³/mol. The molecule has 9 aromatic rings. The monoisotopic (exact) mass is 698 g/mol. The van der Waals surface area contributed by atoms with Gasteiger partial charge >= 0.3 is 0 Å². The number of hydrogen-bond donors (Lipinski definition) is 0. The molecule has 0 heterocycles. The molecule has 0 saturated carbocycles. The van der Waals surface area contributed by atoms with Gasteiger partial charge in [-0.3, -0.25) is 0 Å². The molecule has 0 saturated heterocycles. The zero-order valence-corrected chi connectivity index (χ0v) is 30.4. The van der Waals surface area contributed by atoms with Crippen molar-refractivity contribution in [1.29, 1.82) is 0 Å². The van der Waals surface area contributed by atoms with Gasteiger partial charge in [0.1, 0.15) is 0 Å². The first kappa shape index (κ1) is 32.6. The number of hydrogen-bond acceptors (Lipinski definition) is 0. The van der Waals surface area contributed by atoms with Crippen LogP contribution in [0.2, 0.25) is 0 Å². The molecule has 1 aliphatic rings. The van der Waals surface area contributed by atoms with Crippen LogP contribution < -0.4 is 0 Å². The molecular formula is C55H38. The highest BCUT2D eigenvalue weighted by Crippen LogP contribution is 2.58. The molecule has 0 aliphatic heterocycles. The van der Waals surface area contributed by atoms with Crippen molar-refractivity contribution in [1.82, 2.24) is 0 Å². The van der Waals surface area contributed by atoms with Crippen LogP contribution in [0.5, 0.6) is 0 Å². The molecule has 0 spiro atoms. The molecule has 1 aliphatic carbocycles.